The number of hydrogen-bond donors (Lipinski definition) is 3. The van der Waals surface area contributed by atoms with Crippen molar-refractivity contribution in [2.24, 2.45) is 5.41 Å². The predicted octanol–water partition coefficient (Wildman–Crippen LogP) is 5.49. The molecule has 4 rings (SSSR count). The van der Waals surface area contributed by atoms with Gasteiger partial charge in [-0.25, -0.2) is 9.37 Å². The number of nitrogens with zero attached hydrogens (tertiary/aromatic N) is 3. The SMILES string of the molecule is Cc1cc(Nc2ccc(F)c(CC3(C(=O)O)CCN([C@H](C)c4ccccc4C(F)(F)F)CC3)n2)n[nH]1. The van der Waals surface area contributed by atoms with Gasteiger partial charge in [0.15, 0.2) is 5.82 Å². The molecule has 1 fully saturated rings. The van der Waals surface area contributed by atoms with Gasteiger partial charge in [-0.2, -0.15) is 18.3 Å². The minimum atomic E-state index is -4.48. The number of carbonyl (C=O) groups is 1. The van der Waals surface area contributed by atoms with Crippen LogP contribution in [-0.2, 0) is 17.4 Å². The molecule has 36 heavy (non-hydrogen) atoms. The second kappa shape index (κ2) is 9.88. The molecule has 3 aromatic rings. The van der Waals surface area contributed by atoms with Crippen molar-refractivity contribution < 1.29 is 27.5 Å². The number of aromatic nitrogens is 3. The molecule has 3 heterocycles. The number of anilines is 2. The van der Waals surface area contributed by atoms with E-state index in [2.05, 4.69) is 20.5 Å². The summed E-state index contributed by atoms with van der Waals surface area (Å²) in [5, 5.41) is 19.9. The normalized spacial score (nSPS) is 17.1. The molecule has 0 aliphatic carbocycles. The van der Waals surface area contributed by atoms with Crippen LogP contribution in [-0.4, -0.2) is 44.2 Å². The van der Waals surface area contributed by atoms with E-state index in [1.54, 1.807) is 19.1 Å². The van der Waals surface area contributed by atoms with Crippen molar-refractivity contribution in [3.05, 3.63) is 70.8 Å². The van der Waals surface area contributed by atoms with Crippen LogP contribution >= 0.6 is 0 Å². The molecule has 0 radical (unpaired) electrons. The van der Waals surface area contributed by atoms with Crippen LogP contribution in [0.1, 0.15) is 48.3 Å². The summed E-state index contributed by atoms with van der Waals surface area (Å²) >= 11 is 0. The van der Waals surface area contributed by atoms with E-state index in [0.717, 1.165) is 11.8 Å². The quantitative estimate of drug-likeness (QED) is 0.368. The fourth-order valence-electron chi connectivity index (χ4n) is 4.73. The fourth-order valence-corrected chi connectivity index (χ4v) is 4.73. The number of benzene rings is 1. The number of rotatable bonds is 7. The summed E-state index contributed by atoms with van der Waals surface area (Å²) in [5.74, 6) is -0.873. The van der Waals surface area contributed by atoms with Gasteiger partial charge in [0.25, 0.3) is 0 Å². The Morgan fingerprint density at radius 3 is 2.50 bits per heavy atom. The first-order valence-corrected chi connectivity index (χ1v) is 11.6. The number of halogens is 4. The lowest BCUT2D eigenvalue weighted by Gasteiger charge is -2.41. The smallest absolute Gasteiger partial charge is 0.416 e. The number of nitrogens with one attached hydrogen (secondary N) is 2. The maximum Gasteiger partial charge on any atom is 0.416 e. The molecule has 0 amide bonds. The van der Waals surface area contributed by atoms with Crippen LogP contribution in [0.4, 0.5) is 29.2 Å². The number of aliphatic carboxylic acids is 1. The van der Waals surface area contributed by atoms with Crippen LogP contribution in [0.3, 0.4) is 0 Å². The van der Waals surface area contributed by atoms with Crippen molar-refractivity contribution in [1.82, 2.24) is 20.1 Å². The molecule has 192 valence electrons. The predicted molar refractivity (Wildman–Crippen MR) is 125 cm³/mol. The van der Waals surface area contributed by atoms with E-state index in [1.165, 1.54) is 24.3 Å². The van der Waals surface area contributed by atoms with E-state index in [4.69, 9.17) is 0 Å². The van der Waals surface area contributed by atoms with E-state index in [1.807, 2.05) is 11.8 Å². The summed E-state index contributed by atoms with van der Waals surface area (Å²) in [4.78, 5) is 18.5. The fraction of sp³-hybridized carbons (Fsp3) is 0.400. The van der Waals surface area contributed by atoms with Gasteiger partial charge in [0.1, 0.15) is 11.6 Å². The van der Waals surface area contributed by atoms with E-state index in [9.17, 15) is 27.5 Å². The first-order chi connectivity index (χ1) is 17.0. The average Bonchev–Trinajstić information content (AvgIpc) is 3.25. The Kier molecular flexibility index (Phi) is 7.03. The summed E-state index contributed by atoms with van der Waals surface area (Å²) in [6, 6.07) is 9.27. The van der Waals surface area contributed by atoms with E-state index < -0.39 is 35.0 Å². The van der Waals surface area contributed by atoms with Gasteiger partial charge in [-0.3, -0.25) is 14.8 Å². The molecule has 1 atom stereocenters. The first-order valence-electron chi connectivity index (χ1n) is 11.6. The molecule has 0 unspecified atom stereocenters. The van der Waals surface area contributed by atoms with Gasteiger partial charge < -0.3 is 10.4 Å². The number of pyridine rings is 1. The highest BCUT2D eigenvalue weighted by molar-refractivity contribution is 5.75. The second-order valence-corrected chi connectivity index (χ2v) is 9.25. The number of hydrogen-bond acceptors (Lipinski definition) is 5. The lowest BCUT2D eigenvalue weighted by Crippen LogP contribution is -2.46. The zero-order valence-corrected chi connectivity index (χ0v) is 19.9. The van der Waals surface area contributed by atoms with Crippen LogP contribution in [0.2, 0.25) is 0 Å². The van der Waals surface area contributed by atoms with Crippen LogP contribution < -0.4 is 5.32 Å². The molecule has 0 saturated carbocycles. The van der Waals surface area contributed by atoms with Gasteiger partial charge in [0.2, 0.25) is 0 Å². The summed E-state index contributed by atoms with van der Waals surface area (Å²) in [5.41, 5.74) is -1.000. The van der Waals surface area contributed by atoms with E-state index in [0.29, 0.717) is 11.6 Å². The second-order valence-electron chi connectivity index (χ2n) is 9.25. The van der Waals surface area contributed by atoms with Crippen LogP contribution in [0.5, 0.6) is 0 Å². The van der Waals surface area contributed by atoms with Crippen molar-refractivity contribution in [1.29, 1.82) is 0 Å². The number of piperidine rings is 1. The highest BCUT2D eigenvalue weighted by Gasteiger charge is 2.44. The molecule has 0 spiro atoms. The zero-order chi connectivity index (χ0) is 26.1. The molecule has 1 saturated heterocycles. The number of aryl methyl sites for hydroxylation is 1. The van der Waals surface area contributed by atoms with Gasteiger partial charge in [-0.1, -0.05) is 18.2 Å². The summed E-state index contributed by atoms with van der Waals surface area (Å²) < 4.78 is 55.2. The monoisotopic (exact) mass is 505 g/mol. The lowest BCUT2D eigenvalue weighted by atomic mass is 9.74. The Morgan fingerprint density at radius 2 is 1.89 bits per heavy atom. The third-order valence-electron chi connectivity index (χ3n) is 6.86. The maximum absolute atomic E-state index is 14.7. The topological polar surface area (TPSA) is 94.1 Å². The molecular weight excluding hydrogens is 478 g/mol. The molecule has 7 nitrogen and oxygen atoms in total. The highest BCUT2D eigenvalue weighted by atomic mass is 19.4. The third-order valence-corrected chi connectivity index (χ3v) is 6.86. The number of H-pyrrole nitrogens is 1. The molecule has 0 bridgehead atoms. The Bertz CT molecular complexity index is 1240. The van der Waals surface area contributed by atoms with Crippen LogP contribution in [0.25, 0.3) is 0 Å². The number of alkyl halides is 3. The lowest BCUT2D eigenvalue weighted by molar-refractivity contribution is -0.152. The summed E-state index contributed by atoms with van der Waals surface area (Å²) in [6.07, 6.45) is -4.32. The van der Waals surface area contributed by atoms with Crippen molar-refractivity contribution in [2.75, 3.05) is 18.4 Å². The Labute approximate surface area is 205 Å². The molecule has 1 aliphatic heterocycles. The molecule has 1 aromatic carbocycles. The Morgan fingerprint density at radius 1 is 1.19 bits per heavy atom. The Balaban J connectivity index is 1.51. The zero-order valence-electron chi connectivity index (χ0n) is 19.9. The van der Waals surface area contributed by atoms with Crippen LogP contribution in [0.15, 0.2) is 42.5 Å². The number of aromatic amines is 1. The minimum absolute atomic E-state index is 0.0126. The van der Waals surface area contributed by atoms with Crippen molar-refractivity contribution in [3.8, 4) is 0 Å². The maximum atomic E-state index is 14.7. The molecule has 11 heteroatoms. The van der Waals surface area contributed by atoms with Crippen molar-refractivity contribution in [3.63, 3.8) is 0 Å². The molecular formula is C25H27F4N5O2. The number of carboxylic acid groups (broad SMARTS) is 1. The first kappa shape index (κ1) is 25.6. The molecule has 2 aromatic heterocycles. The van der Waals surface area contributed by atoms with Gasteiger partial charge >= 0.3 is 12.1 Å². The molecule has 3 N–H and O–H groups in total. The summed E-state index contributed by atoms with van der Waals surface area (Å²) in [7, 11) is 0. The van der Waals surface area contributed by atoms with Crippen LogP contribution in [0, 0.1) is 18.2 Å². The van der Waals surface area contributed by atoms with Gasteiger partial charge in [-0.05, 0) is 63.5 Å². The van der Waals surface area contributed by atoms with Gasteiger partial charge in [0, 0.05) is 24.2 Å². The highest BCUT2D eigenvalue weighted by Crippen LogP contribution is 2.41. The van der Waals surface area contributed by atoms with Crippen molar-refractivity contribution in [2.45, 2.75) is 45.3 Å². The molecule has 1 aliphatic rings. The minimum Gasteiger partial charge on any atom is -0.481 e. The summed E-state index contributed by atoms with van der Waals surface area (Å²) in [6.45, 7) is 4.02. The third kappa shape index (κ3) is 5.35. The van der Waals surface area contributed by atoms with Gasteiger partial charge in [0.05, 0.1) is 16.7 Å². The van der Waals surface area contributed by atoms with E-state index in [-0.39, 0.29) is 43.6 Å². The van der Waals surface area contributed by atoms with Crippen molar-refractivity contribution >= 4 is 17.6 Å². The number of likely N-dealkylation sites (tertiary alicyclic amines) is 1. The standard InChI is InChI=1S/C25H27F4N5O2/c1-15-13-22(33-32-15)31-21-8-7-19(26)20(30-21)14-24(23(35)36)9-11-34(12-10-24)16(2)17-5-3-4-6-18(17)25(27,28)29/h3-8,13,16H,9-12,14H2,1-2H3,(H,35,36)(H2,30,31,32,33)/t16-/m1/s1. The number of carboxylic acids is 1. The van der Waals surface area contributed by atoms with E-state index >= 15 is 0 Å². The average molecular weight is 506 g/mol. The van der Waals surface area contributed by atoms with Gasteiger partial charge in [-0.15, -0.1) is 0 Å². The Hall–Kier alpha value is -3.47. The largest absolute Gasteiger partial charge is 0.481 e.